The lowest BCUT2D eigenvalue weighted by Gasteiger charge is -2.25. The third-order valence-corrected chi connectivity index (χ3v) is 4.40. The van der Waals surface area contributed by atoms with Crippen LogP contribution in [0, 0.1) is 12.3 Å². The number of nitrogens with one attached hydrogen (secondary N) is 1. The van der Waals surface area contributed by atoms with Gasteiger partial charge >= 0.3 is 11.8 Å². The van der Waals surface area contributed by atoms with Crippen LogP contribution < -0.4 is 11.0 Å². The van der Waals surface area contributed by atoms with Crippen LogP contribution in [0.5, 0.6) is 0 Å². The number of aromatic nitrogens is 2. The van der Waals surface area contributed by atoms with Gasteiger partial charge in [0.15, 0.2) is 12.0 Å². The number of aliphatic hydroxyl groups is 2. The standard InChI is InChI=1S/C16H19N3O6/c1-3-9-7-19(14-12(21)11(20)8(2)24-14)15(22)17-13(9)18-16(23)25-10-5-4-6-10/h1,7-8,10-12,14,20-21H,4-6H2,2H3,(H,17,18,22,23)/t8-,11-,12-,14-/m1/s1. The summed E-state index contributed by atoms with van der Waals surface area (Å²) in [6.07, 6.45) is 4.22. The first-order valence-corrected chi connectivity index (χ1v) is 7.99. The van der Waals surface area contributed by atoms with Gasteiger partial charge in [-0.15, -0.1) is 6.42 Å². The van der Waals surface area contributed by atoms with Crippen LogP contribution in [0.1, 0.15) is 38.0 Å². The summed E-state index contributed by atoms with van der Waals surface area (Å²) in [6, 6.07) is 0. The predicted octanol–water partition coefficient (Wildman–Crippen LogP) is -0.0353. The van der Waals surface area contributed by atoms with Gasteiger partial charge in [0.25, 0.3) is 0 Å². The van der Waals surface area contributed by atoms with Crippen molar-refractivity contribution in [2.24, 2.45) is 0 Å². The minimum Gasteiger partial charge on any atom is -0.446 e. The average Bonchev–Trinajstić information content (AvgIpc) is 2.79. The van der Waals surface area contributed by atoms with Gasteiger partial charge in [-0.3, -0.25) is 9.88 Å². The van der Waals surface area contributed by atoms with Crippen molar-refractivity contribution in [3.05, 3.63) is 22.2 Å². The fraction of sp³-hybridized carbons (Fsp3) is 0.562. The molecule has 4 atom stereocenters. The Bertz CT molecular complexity index is 766. The number of terminal acetylenes is 1. The summed E-state index contributed by atoms with van der Waals surface area (Å²) in [4.78, 5) is 27.8. The summed E-state index contributed by atoms with van der Waals surface area (Å²) in [5.41, 5.74) is -0.668. The summed E-state index contributed by atoms with van der Waals surface area (Å²) in [5.74, 6) is 2.22. The number of hydrogen-bond donors (Lipinski definition) is 3. The van der Waals surface area contributed by atoms with Crippen LogP contribution in [-0.4, -0.2) is 50.3 Å². The number of carbonyl (C=O) groups excluding carboxylic acids is 1. The number of hydrogen-bond acceptors (Lipinski definition) is 7. The number of nitrogens with zero attached hydrogens (tertiary/aromatic N) is 2. The van der Waals surface area contributed by atoms with Gasteiger partial charge in [0, 0.05) is 6.20 Å². The predicted molar refractivity (Wildman–Crippen MR) is 85.8 cm³/mol. The van der Waals surface area contributed by atoms with Gasteiger partial charge in [-0.05, 0) is 26.2 Å². The molecule has 0 bridgehead atoms. The molecule has 2 heterocycles. The van der Waals surface area contributed by atoms with E-state index in [2.05, 4.69) is 16.2 Å². The molecule has 1 aliphatic heterocycles. The lowest BCUT2D eigenvalue weighted by atomic mass is 9.96. The van der Waals surface area contributed by atoms with Gasteiger partial charge < -0.3 is 19.7 Å². The van der Waals surface area contributed by atoms with Crippen LogP contribution in [0.15, 0.2) is 11.0 Å². The fourth-order valence-corrected chi connectivity index (χ4v) is 2.68. The van der Waals surface area contributed by atoms with Crippen molar-refractivity contribution in [2.75, 3.05) is 5.32 Å². The number of aliphatic hydroxyl groups excluding tert-OH is 2. The van der Waals surface area contributed by atoms with Crippen molar-refractivity contribution < 1.29 is 24.5 Å². The van der Waals surface area contributed by atoms with E-state index < -0.39 is 36.3 Å². The van der Waals surface area contributed by atoms with Gasteiger partial charge in [-0.25, -0.2) is 9.59 Å². The second-order valence-corrected chi connectivity index (χ2v) is 6.13. The molecular weight excluding hydrogens is 330 g/mol. The van der Waals surface area contributed by atoms with Crippen LogP contribution in [0.4, 0.5) is 10.6 Å². The molecule has 0 unspecified atom stereocenters. The zero-order valence-corrected chi connectivity index (χ0v) is 13.6. The summed E-state index contributed by atoms with van der Waals surface area (Å²) in [5, 5.41) is 22.2. The first-order chi connectivity index (χ1) is 11.9. The van der Waals surface area contributed by atoms with E-state index in [1.54, 1.807) is 6.92 Å². The zero-order valence-electron chi connectivity index (χ0n) is 13.6. The molecule has 1 aromatic rings. The van der Waals surface area contributed by atoms with E-state index in [1.165, 1.54) is 6.20 Å². The Morgan fingerprint density at radius 3 is 2.72 bits per heavy atom. The molecule has 25 heavy (non-hydrogen) atoms. The molecule has 3 rings (SSSR count). The lowest BCUT2D eigenvalue weighted by molar-refractivity contribution is -0.0350. The molecule has 3 N–H and O–H groups in total. The highest BCUT2D eigenvalue weighted by Crippen LogP contribution is 2.28. The van der Waals surface area contributed by atoms with Gasteiger partial charge in [-0.2, -0.15) is 4.98 Å². The average molecular weight is 349 g/mol. The van der Waals surface area contributed by atoms with Gasteiger partial charge in [-0.1, -0.05) is 5.92 Å². The van der Waals surface area contributed by atoms with Crippen molar-refractivity contribution in [3.8, 4) is 12.3 Å². The Morgan fingerprint density at radius 1 is 1.48 bits per heavy atom. The van der Waals surface area contributed by atoms with Crippen LogP contribution in [0.2, 0.25) is 0 Å². The molecule has 1 aliphatic carbocycles. The minimum atomic E-state index is -1.30. The minimum absolute atomic E-state index is 0.103. The molecule has 0 spiro atoms. The van der Waals surface area contributed by atoms with Crippen LogP contribution in [-0.2, 0) is 9.47 Å². The molecule has 9 heteroatoms. The maximum Gasteiger partial charge on any atom is 0.413 e. The number of ether oxygens (including phenoxy) is 2. The summed E-state index contributed by atoms with van der Waals surface area (Å²) in [6.45, 7) is 1.57. The maximum atomic E-state index is 12.2. The number of carbonyl (C=O) groups is 1. The highest BCUT2D eigenvalue weighted by molar-refractivity contribution is 5.85. The highest BCUT2D eigenvalue weighted by Gasteiger charge is 2.42. The Kier molecular flexibility index (Phi) is 4.76. The maximum absolute atomic E-state index is 12.2. The largest absolute Gasteiger partial charge is 0.446 e. The quantitative estimate of drug-likeness (QED) is 0.655. The van der Waals surface area contributed by atoms with Gasteiger partial charge in [0.2, 0.25) is 0 Å². The molecule has 134 valence electrons. The van der Waals surface area contributed by atoms with E-state index in [0.717, 1.165) is 23.8 Å². The molecule has 1 saturated carbocycles. The normalized spacial score (nSPS) is 28.9. The second kappa shape index (κ2) is 6.84. The summed E-state index contributed by atoms with van der Waals surface area (Å²) in [7, 11) is 0. The molecule has 1 saturated heterocycles. The van der Waals surface area contributed by atoms with E-state index >= 15 is 0 Å². The molecule has 2 aliphatic rings. The van der Waals surface area contributed by atoms with Crippen LogP contribution in [0.3, 0.4) is 0 Å². The molecule has 1 aromatic heterocycles. The smallest absolute Gasteiger partial charge is 0.413 e. The molecular formula is C16H19N3O6. The van der Waals surface area contributed by atoms with Crippen molar-refractivity contribution >= 4 is 11.9 Å². The van der Waals surface area contributed by atoms with E-state index in [9.17, 15) is 19.8 Å². The Balaban J connectivity index is 1.82. The van der Waals surface area contributed by atoms with E-state index in [-0.39, 0.29) is 17.5 Å². The molecule has 1 amide bonds. The second-order valence-electron chi connectivity index (χ2n) is 6.13. The van der Waals surface area contributed by atoms with Gasteiger partial charge in [0.1, 0.15) is 18.3 Å². The Hall–Kier alpha value is -2.41. The fourth-order valence-electron chi connectivity index (χ4n) is 2.68. The van der Waals surface area contributed by atoms with Crippen LogP contribution in [0.25, 0.3) is 0 Å². The SMILES string of the molecule is C#Cc1cn([C@@H]2O[C@H](C)[C@@H](O)[C@H]2O)c(=O)nc1NC(=O)OC1CCC1. The van der Waals surface area contributed by atoms with Crippen molar-refractivity contribution in [2.45, 2.75) is 56.8 Å². The third-order valence-electron chi connectivity index (χ3n) is 4.40. The first kappa shape index (κ1) is 17.4. The highest BCUT2D eigenvalue weighted by atomic mass is 16.6. The summed E-state index contributed by atoms with van der Waals surface area (Å²) < 4.78 is 11.5. The summed E-state index contributed by atoms with van der Waals surface area (Å²) >= 11 is 0. The molecule has 0 aromatic carbocycles. The third kappa shape index (κ3) is 3.37. The zero-order chi connectivity index (χ0) is 18.1. The Labute approximate surface area is 143 Å². The Morgan fingerprint density at radius 2 is 2.20 bits per heavy atom. The monoisotopic (exact) mass is 349 g/mol. The van der Waals surface area contributed by atoms with Gasteiger partial charge in [0.05, 0.1) is 11.7 Å². The van der Waals surface area contributed by atoms with Crippen molar-refractivity contribution in [3.63, 3.8) is 0 Å². The number of anilines is 1. The number of rotatable bonds is 3. The van der Waals surface area contributed by atoms with Crippen LogP contribution >= 0.6 is 0 Å². The molecule has 9 nitrogen and oxygen atoms in total. The number of amides is 1. The first-order valence-electron chi connectivity index (χ1n) is 7.99. The van der Waals surface area contributed by atoms with E-state index in [1.807, 2.05) is 0 Å². The lowest BCUT2D eigenvalue weighted by Crippen LogP contribution is -2.36. The molecule has 2 fully saturated rings. The van der Waals surface area contributed by atoms with Crippen molar-refractivity contribution in [1.29, 1.82) is 0 Å². The topological polar surface area (TPSA) is 123 Å². The van der Waals surface area contributed by atoms with E-state index in [0.29, 0.717) is 0 Å². The van der Waals surface area contributed by atoms with E-state index in [4.69, 9.17) is 15.9 Å². The van der Waals surface area contributed by atoms with Crippen molar-refractivity contribution in [1.82, 2.24) is 9.55 Å². The molecule has 0 radical (unpaired) electrons.